The summed E-state index contributed by atoms with van der Waals surface area (Å²) in [6.45, 7) is 1.86. The molecule has 0 saturated heterocycles. The number of carbonyl (C=O) groups excluding carboxylic acids is 2. The molecule has 3 aromatic rings. The van der Waals surface area contributed by atoms with Crippen LogP contribution in [0.3, 0.4) is 0 Å². The van der Waals surface area contributed by atoms with Crippen LogP contribution in [0.4, 0.5) is 4.79 Å². The van der Waals surface area contributed by atoms with Crippen molar-refractivity contribution in [3.05, 3.63) is 72.0 Å². The third kappa shape index (κ3) is 4.22. The number of fused-ring (bicyclic) bond motifs is 1. The van der Waals surface area contributed by atoms with E-state index in [4.69, 9.17) is 10.2 Å². The first kappa shape index (κ1) is 17.5. The zero-order valence-electron chi connectivity index (χ0n) is 14.4. The Bertz CT molecular complexity index is 872. The summed E-state index contributed by atoms with van der Waals surface area (Å²) in [7, 11) is 0. The molecule has 4 N–H and O–H groups in total. The van der Waals surface area contributed by atoms with Gasteiger partial charge in [-0.2, -0.15) is 0 Å². The van der Waals surface area contributed by atoms with E-state index < -0.39 is 12.1 Å². The number of para-hydroxylation sites is 1. The highest BCUT2D eigenvalue weighted by molar-refractivity contribution is 5.80. The molecule has 1 heterocycles. The third-order valence-corrected chi connectivity index (χ3v) is 4.16. The minimum absolute atomic E-state index is 0.0809. The summed E-state index contributed by atoms with van der Waals surface area (Å²) in [5, 5.41) is 6.51. The Balaban J connectivity index is 1.68. The molecule has 134 valence electrons. The molecule has 0 fully saturated rings. The van der Waals surface area contributed by atoms with Crippen molar-refractivity contribution < 1.29 is 14.0 Å². The van der Waals surface area contributed by atoms with Gasteiger partial charge in [0.05, 0.1) is 18.5 Å². The molecule has 0 saturated carbocycles. The number of urea groups is 1. The molecule has 2 atom stereocenters. The lowest BCUT2D eigenvalue weighted by atomic mass is 10.0. The highest BCUT2D eigenvalue weighted by Crippen LogP contribution is 2.24. The molecule has 0 aliphatic heterocycles. The predicted molar refractivity (Wildman–Crippen MR) is 99.3 cm³/mol. The van der Waals surface area contributed by atoms with Gasteiger partial charge in [-0.15, -0.1) is 0 Å². The fourth-order valence-electron chi connectivity index (χ4n) is 2.88. The second-order valence-electron chi connectivity index (χ2n) is 6.15. The number of primary amides is 1. The topological polar surface area (TPSA) is 97.4 Å². The molecular formula is C20H21N3O3. The van der Waals surface area contributed by atoms with Gasteiger partial charge in [0.2, 0.25) is 5.91 Å². The highest BCUT2D eigenvalue weighted by atomic mass is 16.3. The number of nitrogens with two attached hydrogens (primary N) is 1. The van der Waals surface area contributed by atoms with Crippen molar-refractivity contribution >= 4 is 22.9 Å². The van der Waals surface area contributed by atoms with Crippen LogP contribution in [-0.2, 0) is 4.79 Å². The second kappa shape index (κ2) is 7.74. The molecule has 2 aromatic carbocycles. The Morgan fingerprint density at radius 2 is 1.73 bits per heavy atom. The van der Waals surface area contributed by atoms with Crippen LogP contribution in [0.25, 0.3) is 11.0 Å². The SMILES string of the molecule is CC(NC(=O)CC(NC(N)=O)c1ccccc1)c1cc2ccccc2o1. The number of furan rings is 1. The van der Waals surface area contributed by atoms with E-state index in [0.29, 0.717) is 5.76 Å². The standard InChI is InChI=1S/C20H21N3O3/c1-13(18-11-15-9-5-6-10-17(15)26-18)22-19(24)12-16(23-20(21)25)14-7-3-2-4-8-14/h2-11,13,16H,12H2,1H3,(H,22,24)(H3,21,23,25). The average Bonchev–Trinajstić information content (AvgIpc) is 3.06. The summed E-state index contributed by atoms with van der Waals surface area (Å²) in [4.78, 5) is 23.7. The van der Waals surface area contributed by atoms with Crippen LogP contribution < -0.4 is 16.4 Å². The van der Waals surface area contributed by atoms with E-state index in [1.54, 1.807) is 0 Å². The van der Waals surface area contributed by atoms with E-state index in [2.05, 4.69) is 10.6 Å². The molecule has 0 spiro atoms. The van der Waals surface area contributed by atoms with Crippen LogP contribution in [0.1, 0.15) is 36.8 Å². The molecule has 6 heteroatoms. The summed E-state index contributed by atoms with van der Waals surface area (Å²) in [6, 6.07) is 17.4. The first-order valence-corrected chi connectivity index (χ1v) is 8.41. The molecule has 3 amide bonds. The van der Waals surface area contributed by atoms with Crippen molar-refractivity contribution in [3.8, 4) is 0 Å². The van der Waals surface area contributed by atoms with Gasteiger partial charge >= 0.3 is 6.03 Å². The summed E-state index contributed by atoms with van der Waals surface area (Å²) in [5.74, 6) is 0.472. The molecule has 0 aliphatic rings. The molecule has 0 radical (unpaired) electrons. The monoisotopic (exact) mass is 351 g/mol. The minimum Gasteiger partial charge on any atom is -0.459 e. The highest BCUT2D eigenvalue weighted by Gasteiger charge is 2.20. The maximum absolute atomic E-state index is 12.5. The number of carbonyl (C=O) groups is 2. The lowest BCUT2D eigenvalue weighted by Crippen LogP contribution is -2.37. The van der Waals surface area contributed by atoms with E-state index in [1.165, 1.54) is 0 Å². The largest absolute Gasteiger partial charge is 0.459 e. The number of hydrogen-bond donors (Lipinski definition) is 3. The van der Waals surface area contributed by atoms with Crippen LogP contribution in [0.15, 0.2) is 65.1 Å². The quantitative estimate of drug-likeness (QED) is 0.635. The average molecular weight is 351 g/mol. The van der Waals surface area contributed by atoms with Crippen LogP contribution >= 0.6 is 0 Å². The van der Waals surface area contributed by atoms with Crippen LogP contribution in [0.2, 0.25) is 0 Å². The number of amides is 3. The second-order valence-corrected chi connectivity index (χ2v) is 6.15. The van der Waals surface area contributed by atoms with E-state index in [9.17, 15) is 9.59 Å². The summed E-state index contributed by atoms with van der Waals surface area (Å²) >= 11 is 0. The maximum Gasteiger partial charge on any atom is 0.312 e. The lowest BCUT2D eigenvalue weighted by Gasteiger charge is -2.19. The van der Waals surface area contributed by atoms with Gasteiger partial charge in [0.1, 0.15) is 11.3 Å². The van der Waals surface area contributed by atoms with Crippen molar-refractivity contribution in [1.29, 1.82) is 0 Å². The fraction of sp³-hybridized carbons (Fsp3) is 0.200. The van der Waals surface area contributed by atoms with Gasteiger partial charge in [-0.1, -0.05) is 48.5 Å². The zero-order valence-corrected chi connectivity index (χ0v) is 14.4. The third-order valence-electron chi connectivity index (χ3n) is 4.16. The number of nitrogens with one attached hydrogen (secondary N) is 2. The summed E-state index contributed by atoms with van der Waals surface area (Å²) in [6.07, 6.45) is 0.0809. The number of hydrogen-bond acceptors (Lipinski definition) is 3. The molecule has 26 heavy (non-hydrogen) atoms. The lowest BCUT2D eigenvalue weighted by molar-refractivity contribution is -0.122. The molecule has 0 aliphatic carbocycles. The molecular weight excluding hydrogens is 330 g/mol. The first-order chi connectivity index (χ1) is 12.5. The Morgan fingerprint density at radius 3 is 2.42 bits per heavy atom. The van der Waals surface area contributed by atoms with E-state index in [-0.39, 0.29) is 18.4 Å². The van der Waals surface area contributed by atoms with Gasteiger partial charge in [0.15, 0.2) is 0 Å². The van der Waals surface area contributed by atoms with Crippen molar-refractivity contribution in [2.24, 2.45) is 5.73 Å². The van der Waals surface area contributed by atoms with Crippen molar-refractivity contribution in [1.82, 2.24) is 10.6 Å². The molecule has 6 nitrogen and oxygen atoms in total. The van der Waals surface area contributed by atoms with Crippen LogP contribution in [0.5, 0.6) is 0 Å². The fourth-order valence-corrected chi connectivity index (χ4v) is 2.88. The van der Waals surface area contributed by atoms with Gasteiger partial charge in [0, 0.05) is 5.39 Å². The van der Waals surface area contributed by atoms with Crippen molar-refractivity contribution in [3.63, 3.8) is 0 Å². The van der Waals surface area contributed by atoms with Crippen molar-refractivity contribution in [2.75, 3.05) is 0 Å². The Labute approximate surface area is 151 Å². The normalized spacial score (nSPS) is 13.1. The van der Waals surface area contributed by atoms with Gasteiger partial charge in [-0.25, -0.2) is 4.79 Å². The van der Waals surface area contributed by atoms with Gasteiger partial charge < -0.3 is 20.8 Å². The number of benzene rings is 2. The van der Waals surface area contributed by atoms with Crippen LogP contribution in [-0.4, -0.2) is 11.9 Å². The van der Waals surface area contributed by atoms with E-state index in [1.807, 2.05) is 67.6 Å². The van der Waals surface area contributed by atoms with E-state index >= 15 is 0 Å². The Kier molecular flexibility index (Phi) is 5.22. The zero-order chi connectivity index (χ0) is 18.5. The maximum atomic E-state index is 12.5. The van der Waals surface area contributed by atoms with Gasteiger partial charge in [0.25, 0.3) is 0 Å². The van der Waals surface area contributed by atoms with Gasteiger partial charge in [-0.3, -0.25) is 4.79 Å². The van der Waals surface area contributed by atoms with Gasteiger partial charge in [-0.05, 0) is 24.6 Å². The predicted octanol–water partition coefficient (Wildman–Crippen LogP) is 3.41. The number of rotatable bonds is 6. The molecule has 0 bridgehead atoms. The molecule has 3 rings (SSSR count). The van der Waals surface area contributed by atoms with Crippen molar-refractivity contribution in [2.45, 2.75) is 25.4 Å². The van der Waals surface area contributed by atoms with E-state index in [0.717, 1.165) is 16.5 Å². The Morgan fingerprint density at radius 1 is 1.04 bits per heavy atom. The Hall–Kier alpha value is -3.28. The molecule has 2 unspecified atom stereocenters. The minimum atomic E-state index is -0.669. The van der Waals surface area contributed by atoms with Crippen LogP contribution in [0, 0.1) is 0 Å². The smallest absolute Gasteiger partial charge is 0.312 e. The molecule has 1 aromatic heterocycles. The first-order valence-electron chi connectivity index (χ1n) is 8.41. The summed E-state index contributed by atoms with van der Waals surface area (Å²) in [5.41, 5.74) is 6.84. The summed E-state index contributed by atoms with van der Waals surface area (Å²) < 4.78 is 5.78.